The molecule has 4 amide bonds. The molecule has 362 valence electrons. The molecule has 4 rings (SSSR count). The van der Waals surface area contributed by atoms with Gasteiger partial charge in [-0.2, -0.15) is 0 Å². The van der Waals surface area contributed by atoms with Crippen LogP contribution in [0.15, 0.2) is 84.9 Å². The summed E-state index contributed by atoms with van der Waals surface area (Å²) in [4.78, 5) is 55.6. The van der Waals surface area contributed by atoms with Crippen LogP contribution in [0.1, 0.15) is 80.4 Å². The average Bonchev–Trinajstić information content (AvgIpc) is 3.24. The Morgan fingerprint density at radius 2 is 1.02 bits per heavy atom. The zero-order valence-corrected chi connectivity index (χ0v) is 42.7. The van der Waals surface area contributed by atoms with E-state index in [9.17, 15) is 40.6 Å². The molecule has 0 aliphatic carbocycles. The minimum Gasteiger partial charge on any atom is -0.345 e. The van der Waals surface area contributed by atoms with Crippen LogP contribution in [0.2, 0.25) is 0 Å². The predicted molar refractivity (Wildman–Crippen MR) is 264 cm³/mol. The van der Waals surface area contributed by atoms with E-state index >= 15 is 0 Å². The molecular formula is C49H69N4O10PS2. The number of sulfone groups is 2. The molecule has 4 aromatic rings. The van der Waals surface area contributed by atoms with Crippen LogP contribution in [0, 0.1) is 23.7 Å². The monoisotopic (exact) mass is 968 g/mol. The number of benzene rings is 4. The lowest BCUT2D eigenvalue weighted by molar-refractivity contribution is -0.131. The van der Waals surface area contributed by atoms with Gasteiger partial charge in [0, 0.05) is 7.11 Å². The number of fused-ring (bicyclic) bond motifs is 2. The van der Waals surface area contributed by atoms with Crippen molar-refractivity contribution in [2.75, 3.05) is 31.2 Å². The van der Waals surface area contributed by atoms with E-state index in [1.165, 1.54) is 7.11 Å². The molecule has 17 heteroatoms. The van der Waals surface area contributed by atoms with Crippen molar-refractivity contribution in [3.05, 3.63) is 96.1 Å². The van der Waals surface area contributed by atoms with E-state index in [0.717, 1.165) is 32.7 Å². The number of rotatable bonds is 21. The Bertz CT molecular complexity index is 2650. The third kappa shape index (κ3) is 14.2. The molecule has 0 heterocycles. The molecule has 1 unspecified atom stereocenters. The lowest BCUT2D eigenvalue weighted by Gasteiger charge is -2.28. The van der Waals surface area contributed by atoms with E-state index in [2.05, 4.69) is 21.3 Å². The quantitative estimate of drug-likeness (QED) is 0.0643. The van der Waals surface area contributed by atoms with Gasteiger partial charge in [-0.25, -0.2) is 16.8 Å². The lowest BCUT2D eigenvalue weighted by atomic mass is 9.94. The molecule has 4 N–H and O–H groups in total. The van der Waals surface area contributed by atoms with E-state index in [0.29, 0.717) is 0 Å². The van der Waals surface area contributed by atoms with Crippen molar-refractivity contribution < 1.29 is 45.1 Å². The van der Waals surface area contributed by atoms with E-state index < -0.39 is 120 Å². The van der Waals surface area contributed by atoms with Gasteiger partial charge in [-0.3, -0.25) is 23.7 Å². The zero-order chi connectivity index (χ0) is 49.4. The van der Waals surface area contributed by atoms with Crippen LogP contribution >= 0.6 is 7.37 Å². The highest BCUT2D eigenvalue weighted by Crippen LogP contribution is 2.43. The molecule has 0 saturated carbocycles. The van der Waals surface area contributed by atoms with E-state index in [-0.39, 0.29) is 12.8 Å². The second kappa shape index (κ2) is 22.0. The van der Waals surface area contributed by atoms with Gasteiger partial charge >= 0.3 is 0 Å². The van der Waals surface area contributed by atoms with Crippen LogP contribution in [0.5, 0.6) is 0 Å². The Kier molecular flexibility index (Phi) is 18.0. The number of hydrogen-bond donors (Lipinski definition) is 4. The maximum atomic E-state index is 14.1. The van der Waals surface area contributed by atoms with Crippen molar-refractivity contribution in [1.29, 1.82) is 0 Å². The first-order chi connectivity index (χ1) is 30.6. The number of hydrogen-bond acceptors (Lipinski definition) is 10. The fourth-order valence-corrected chi connectivity index (χ4v) is 11.0. The summed E-state index contributed by atoms with van der Waals surface area (Å²) in [6.07, 6.45) is -0.879. The first-order valence-corrected chi connectivity index (χ1v) is 27.6. The van der Waals surface area contributed by atoms with Gasteiger partial charge in [0.2, 0.25) is 31.0 Å². The van der Waals surface area contributed by atoms with Crippen LogP contribution < -0.4 is 21.3 Å². The van der Waals surface area contributed by atoms with Crippen molar-refractivity contribution in [3.63, 3.8) is 0 Å². The molecule has 4 aromatic carbocycles. The topological polar surface area (TPSA) is 211 Å². The summed E-state index contributed by atoms with van der Waals surface area (Å²) < 4.78 is 71.0. The number of amides is 4. The minimum atomic E-state index is -3.83. The summed E-state index contributed by atoms with van der Waals surface area (Å²) >= 11 is 0. The molecule has 0 aromatic heterocycles. The number of nitrogens with one attached hydrogen (secondary N) is 4. The van der Waals surface area contributed by atoms with Crippen LogP contribution in [-0.2, 0) is 60.8 Å². The third-order valence-electron chi connectivity index (χ3n) is 11.9. The van der Waals surface area contributed by atoms with Gasteiger partial charge in [0.15, 0.2) is 19.7 Å². The summed E-state index contributed by atoms with van der Waals surface area (Å²) in [6, 6.07) is 24.3. The summed E-state index contributed by atoms with van der Waals surface area (Å²) in [5.74, 6) is -6.64. The van der Waals surface area contributed by atoms with Gasteiger partial charge in [0.25, 0.3) is 0 Å². The highest BCUT2D eigenvalue weighted by Gasteiger charge is 2.39. The Hall–Kier alpha value is -4.63. The molecule has 0 radical (unpaired) electrons. The van der Waals surface area contributed by atoms with E-state index in [1.807, 2.05) is 84.9 Å². The average molecular weight is 969 g/mol. The third-order valence-corrected chi connectivity index (χ3v) is 19.3. The van der Waals surface area contributed by atoms with Gasteiger partial charge in [-0.15, -0.1) is 0 Å². The second-order valence-electron chi connectivity index (χ2n) is 19.8. The van der Waals surface area contributed by atoms with Crippen LogP contribution in [0.3, 0.4) is 0 Å². The largest absolute Gasteiger partial charge is 0.345 e. The normalized spacial score (nSPS) is 15.4. The Morgan fingerprint density at radius 1 is 0.576 bits per heavy atom. The van der Waals surface area contributed by atoms with E-state index in [4.69, 9.17) is 4.52 Å². The van der Waals surface area contributed by atoms with Gasteiger partial charge in [0.1, 0.15) is 12.1 Å². The first kappa shape index (κ1) is 54.0. The first-order valence-electron chi connectivity index (χ1n) is 22.3. The van der Waals surface area contributed by atoms with Crippen molar-refractivity contribution >= 4 is 72.2 Å². The molecular weight excluding hydrogens is 900 g/mol. The van der Waals surface area contributed by atoms with Gasteiger partial charge in [0.05, 0.1) is 45.4 Å². The standard InChI is InChI=1S/C49H69N4O10PS2/c1-32(2)42(52-44(54)39(28-65(59,60)48(5,6)7)26-34-23-24-35-17-12-13-19-37(35)25-34)46(56)50-30-64(58,63-11)31-51-47(57)43(33(3)4)53-45(55)40(29-66(61,62)49(8,9)10)27-38-21-16-20-36-18-14-15-22-41(36)38/h12-25,32-33,39-40,42-43H,26-31H2,1-11H3,(H,50,56)(H,51,57)(H,52,54)(H,53,55)/t39-,40-,42+,43+,64?/m1/s1. The molecule has 0 bridgehead atoms. The molecule has 66 heavy (non-hydrogen) atoms. The highest BCUT2D eigenvalue weighted by atomic mass is 32.2. The Labute approximate surface area is 391 Å². The summed E-state index contributed by atoms with van der Waals surface area (Å²) in [7, 11) is -10.2. The number of carbonyl (C=O) groups excluding carboxylic acids is 4. The summed E-state index contributed by atoms with van der Waals surface area (Å²) in [5.41, 5.74) is 1.53. The molecule has 0 spiro atoms. The van der Waals surface area contributed by atoms with Crippen LogP contribution in [0.25, 0.3) is 21.5 Å². The summed E-state index contributed by atoms with van der Waals surface area (Å²) in [6.45, 7) is 16.2. The van der Waals surface area contributed by atoms with Crippen molar-refractivity contribution in [2.45, 2.75) is 104 Å². The van der Waals surface area contributed by atoms with Gasteiger partial charge < -0.3 is 25.8 Å². The molecule has 0 fully saturated rings. The zero-order valence-electron chi connectivity index (χ0n) is 40.1. The Balaban J connectivity index is 1.47. The number of carbonyl (C=O) groups is 4. The SMILES string of the molecule is COP(=O)(CNC(=O)[C@@H](NC(=O)[C@H](Cc1ccc2ccccc2c1)CS(=O)(=O)C(C)(C)C)C(C)C)CNC(=O)[C@@H](NC(=O)[C@H](Cc1cccc2ccccc12)CS(=O)(=O)C(C)(C)C)C(C)C. The van der Waals surface area contributed by atoms with Gasteiger partial charge in [-0.1, -0.05) is 113 Å². The maximum Gasteiger partial charge on any atom is 0.243 e. The molecule has 5 atom stereocenters. The van der Waals surface area contributed by atoms with Crippen molar-refractivity contribution in [1.82, 2.24) is 21.3 Å². The van der Waals surface area contributed by atoms with Crippen LogP contribution in [-0.4, -0.2) is 93.2 Å². The predicted octanol–water partition coefficient (Wildman–Crippen LogP) is 6.79. The smallest absolute Gasteiger partial charge is 0.243 e. The fourth-order valence-electron chi connectivity index (χ4n) is 7.28. The molecule has 0 aliphatic heterocycles. The highest BCUT2D eigenvalue weighted by molar-refractivity contribution is 7.93. The maximum absolute atomic E-state index is 14.1. The van der Waals surface area contributed by atoms with Crippen LogP contribution in [0.4, 0.5) is 0 Å². The second-order valence-corrected chi connectivity index (χ2v) is 28.0. The Morgan fingerprint density at radius 3 is 1.48 bits per heavy atom. The fraction of sp³-hybridized carbons (Fsp3) is 0.510. The van der Waals surface area contributed by atoms with Crippen molar-refractivity contribution in [2.24, 2.45) is 23.7 Å². The minimum absolute atomic E-state index is 0.0897. The van der Waals surface area contributed by atoms with Gasteiger partial charge in [-0.05, 0) is 98.9 Å². The summed E-state index contributed by atoms with van der Waals surface area (Å²) in [5, 5.41) is 14.5. The van der Waals surface area contributed by atoms with E-state index in [1.54, 1.807) is 69.2 Å². The molecule has 14 nitrogen and oxygen atoms in total. The lowest BCUT2D eigenvalue weighted by Crippen LogP contribution is -2.53. The molecule has 0 saturated heterocycles. The molecule has 0 aliphatic rings. The van der Waals surface area contributed by atoms with Crippen molar-refractivity contribution in [3.8, 4) is 0 Å².